The first kappa shape index (κ1) is 16.2. The maximum atomic E-state index is 12.6. The number of rotatable bonds is 4. The van der Waals surface area contributed by atoms with Crippen LogP contribution in [0.4, 0.5) is 8.78 Å². The molecule has 1 saturated heterocycles. The SMILES string of the molecule is CN(C)C(=O)[C@H]1CCCN1C(=O)c1sccc1SC(F)F. The molecule has 4 nitrogen and oxygen atoms in total. The van der Waals surface area contributed by atoms with Crippen LogP contribution in [0.25, 0.3) is 0 Å². The molecule has 0 unspecified atom stereocenters. The van der Waals surface area contributed by atoms with Crippen molar-refractivity contribution in [1.29, 1.82) is 0 Å². The van der Waals surface area contributed by atoms with E-state index in [2.05, 4.69) is 0 Å². The molecule has 21 heavy (non-hydrogen) atoms. The third kappa shape index (κ3) is 3.55. The molecule has 0 bridgehead atoms. The predicted molar refractivity (Wildman–Crippen MR) is 78.9 cm³/mol. The van der Waals surface area contributed by atoms with Gasteiger partial charge >= 0.3 is 0 Å². The van der Waals surface area contributed by atoms with E-state index >= 15 is 0 Å². The fourth-order valence-electron chi connectivity index (χ4n) is 2.34. The zero-order valence-electron chi connectivity index (χ0n) is 11.7. The van der Waals surface area contributed by atoms with Crippen LogP contribution in [0.2, 0.25) is 0 Å². The van der Waals surface area contributed by atoms with Crippen LogP contribution >= 0.6 is 23.1 Å². The largest absolute Gasteiger partial charge is 0.347 e. The van der Waals surface area contributed by atoms with Gasteiger partial charge in [0.15, 0.2) is 0 Å². The number of carbonyl (C=O) groups is 2. The van der Waals surface area contributed by atoms with Crippen molar-refractivity contribution >= 4 is 34.9 Å². The van der Waals surface area contributed by atoms with Gasteiger partial charge in [-0.2, -0.15) is 8.78 Å². The lowest BCUT2D eigenvalue weighted by Gasteiger charge is -2.26. The van der Waals surface area contributed by atoms with Gasteiger partial charge in [-0.05, 0) is 24.3 Å². The zero-order valence-corrected chi connectivity index (χ0v) is 13.3. The van der Waals surface area contributed by atoms with Crippen molar-refractivity contribution in [2.75, 3.05) is 20.6 Å². The van der Waals surface area contributed by atoms with Crippen LogP contribution in [-0.4, -0.2) is 54.1 Å². The minimum atomic E-state index is -2.57. The molecule has 1 aliphatic rings. The number of thiophene rings is 1. The Hall–Kier alpha value is -1.15. The van der Waals surface area contributed by atoms with Crippen molar-refractivity contribution in [3.63, 3.8) is 0 Å². The molecule has 0 radical (unpaired) electrons. The van der Waals surface area contributed by atoms with Gasteiger partial charge in [0, 0.05) is 25.5 Å². The Labute approximate surface area is 130 Å². The monoisotopic (exact) mass is 334 g/mol. The summed E-state index contributed by atoms with van der Waals surface area (Å²) in [4.78, 5) is 28.2. The standard InChI is InChI=1S/C13H16F2N2O2S2/c1-16(2)11(18)8-4-3-6-17(8)12(19)10-9(5-7-20-10)21-13(14)15/h5,7-8,13H,3-4,6H2,1-2H3/t8-/m1/s1. The number of thioether (sulfide) groups is 1. The fraction of sp³-hybridized carbons (Fsp3) is 0.538. The van der Waals surface area contributed by atoms with Gasteiger partial charge in [-0.15, -0.1) is 11.3 Å². The first-order valence-corrected chi connectivity index (χ1v) is 8.22. The Kier molecular flexibility index (Phi) is 5.21. The van der Waals surface area contributed by atoms with E-state index in [-0.39, 0.29) is 16.7 Å². The van der Waals surface area contributed by atoms with E-state index in [1.165, 1.54) is 15.9 Å². The van der Waals surface area contributed by atoms with Crippen LogP contribution in [-0.2, 0) is 4.79 Å². The van der Waals surface area contributed by atoms with E-state index < -0.39 is 11.8 Å². The maximum absolute atomic E-state index is 12.6. The maximum Gasteiger partial charge on any atom is 0.288 e. The highest BCUT2D eigenvalue weighted by molar-refractivity contribution is 7.99. The molecule has 0 spiro atoms. The average molecular weight is 334 g/mol. The minimum absolute atomic E-state index is 0.125. The molecule has 116 valence electrons. The number of likely N-dealkylation sites (tertiary alicyclic amines) is 1. The summed E-state index contributed by atoms with van der Waals surface area (Å²) in [6, 6.07) is 1.03. The summed E-state index contributed by atoms with van der Waals surface area (Å²) in [5.74, 6) is -3.02. The normalized spacial score (nSPS) is 18.3. The molecule has 1 fully saturated rings. The second kappa shape index (κ2) is 6.74. The van der Waals surface area contributed by atoms with E-state index in [4.69, 9.17) is 0 Å². The molecule has 0 N–H and O–H groups in total. The molecular weight excluding hydrogens is 318 g/mol. The van der Waals surface area contributed by atoms with Crippen molar-refractivity contribution in [3.05, 3.63) is 16.3 Å². The van der Waals surface area contributed by atoms with Crippen LogP contribution in [0.1, 0.15) is 22.5 Å². The van der Waals surface area contributed by atoms with Gasteiger partial charge in [-0.1, -0.05) is 11.8 Å². The first-order valence-electron chi connectivity index (χ1n) is 6.46. The summed E-state index contributed by atoms with van der Waals surface area (Å²) in [5, 5.41) is 1.62. The summed E-state index contributed by atoms with van der Waals surface area (Å²) in [6.45, 7) is 0.486. The van der Waals surface area contributed by atoms with Crippen molar-refractivity contribution in [3.8, 4) is 0 Å². The number of halogens is 2. The molecule has 8 heteroatoms. The summed E-state index contributed by atoms with van der Waals surface area (Å²) >= 11 is 1.51. The Balaban J connectivity index is 2.19. The molecule has 1 atom stereocenters. The number of alkyl halides is 2. The van der Waals surface area contributed by atoms with E-state index in [1.807, 2.05) is 0 Å². The number of likely N-dealkylation sites (N-methyl/N-ethyl adjacent to an activating group) is 1. The van der Waals surface area contributed by atoms with Crippen LogP contribution in [0.15, 0.2) is 16.3 Å². The summed E-state index contributed by atoms with van der Waals surface area (Å²) < 4.78 is 25.0. The molecule has 0 saturated carbocycles. The first-order chi connectivity index (χ1) is 9.91. The average Bonchev–Trinajstić information content (AvgIpc) is 3.04. The molecule has 0 aliphatic carbocycles. The Morgan fingerprint density at radius 2 is 2.19 bits per heavy atom. The Bertz CT molecular complexity index is 534. The van der Waals surface area contributed by atoms with Crippen LogP contribution in [0.5, 0.6) is 0 Å². The molecule has 1 aliphatic heterocycles. The molecular formula is C13H16F2N2O2S2. The summed E-state index contributed by atoms with van der Waals surface area (Å²) in [5.41, 5.74) is 0. The van der Waals surface area contributed by atoms with Gasteiger partial charge in [0.2, 0.25) is 5.91 Å². The Morgan fingerprint density at radius 1 is 1.48 bits per heavy atom. The highest BCUT2D eigenvalue weighted by Gasteiger charge is 2.36. The van der Waals surface area contributed by atoms with Gasteiger partial charge in [-0.25, -0.2) is 0 Å². The second-order valence-corrected chi connectivity index (χ2v) is 6.83. The van der Waals surface area contributed by atoms with Crippen LogP contribution in [0.3, 0.4) is 0 Å². The van der Waals surface area contributed by atoms with Gasteiger partial charge in [0.1, 0.15) is 10.9 Å². The number of hydrogen-bond donors (Lipinski definition) is 0. The van der Waals surface area contributed by atoms with E-state index in [0.717, 1.165) is 17.8 Å². The van der Waals surface area contributed by atoms with Gasteiger partial charge in [0.25, 0.3) is 11.7 Å². The van der Waals surface area contributed by atoms with Crippen molar-refractivity contribution in [2.45, 2.75) is 29.5 Å². The quantitative estimate of drug-likeness (QED) is 0.795. The third-order valence-corrected chi connectivity index (χ3v) is 5.08. The van der Waals surface area contributed by atoms with Crippen LogP contribution in [0, 0.1) is 0 Å². The lowest BCUT2D eigenvalue weighted by Crippen LogP contribution is -2.45. The van der Waals surface area contributed by atoms with Crippen molar-refractivity contribution in [1.82, 2.24) is 9.80 Å². The molecule has 2 heterocycles. The van der Waals surface area contributed by atoms with Gasteiger partial charge in [0.05, 0.1) is 0 Å². The van der Waals surface area contributed by atoms with Crippen molar-refractivity contribution < 1.29 is 18.4 Å². The number of hydrogen-bond acceptors (Lipinski definition) is 4. The number of amides is 2. The fourth-order valence-corrected chi connectivity index (χ4v) is 3.99. The summed E-state index contributed by atoms with van der Waals surface area (Å²) in [6.07, 6.45) is 1.37. The smallest absolute Gasteiger partial charge is 0.288 e. The summed E-state index contributed by atoms with van der Waals surface area (Å²) in [7, 11) is 3.29. The predicted octanol–water partition coefficient (Wildman–Crippen LogP) is 2.76. The van der Waals surface area contributed by atoms with Crippen molar-refractivity contribution in [2.24, 2.45) is 0 Å². The van der Waals surface area contributed by atoms with E-state index in [0.29, 0.717) is 29.6 Å². The molecule has 1 aromatic rings. The third-order valence-electron chi connectivity index (χ3n) is 3.28. The molecule has 0 aromatic carbocycles. The number of nitrogens with zero attached hydrogens (tertiary/aromatic N) is 2. The minimum Gasteiger partial charge on any atom is -0.347 e. The van der Waals surface area contributed by atoms with Gasteiger partial charge < -0.3 is 9.80 Å². The number of carbonyl (C=O) groups excluding carboxylic acids is 2. The molecule has 2 rings (SSSR count). The Morgan fingerprint density at radius 3 is 2.81 bits per heavy atom. The topological polar surface area (TPSA) is 40.6 Å². The lowest BCUT2D eigenvalue weighted by molar-refractivity contribution is -0.132. The van der Waals surface area contributed by atoms with Gasteiger partial charge in [-0.3, -0.25) is 9.59 Å². The molecule has 2 amide bonds. The lowest BCUT2D eigenvalue weighted by atomic mass is 10.2. The molecule has 1 aromatic heterocycles. The second-order valence-electron chi connectivity index (χ2n) is 4.88. The highest BCUT2D eigenvalue weighted by Crippen LogP contribution is 2.34. The van der Waals surface area contributed by atoms with E-state index in [1.54, 1.807) is 19.5 Å². The highest BCUT2D eigenvalue weighted by atomic mass is 32.2. The zero-order chi connectivity index (χ0) is 15.6. The van der Waals surface area contributed by atoms with Crippen LogP contribution < -0.4 is 0 Å². The van der Waals surface area contributed by atoms with E-state index in [9.17, 15) is 18.4 Å².